The number of rotatable bonds is 9. The van der Waals surface area contributed by atoms with E-state index in [1.807, 2.05) is 49.1 Å². The smallest absolute Gasteiger partial charge is 0.0536 e. The molecule has 0 fully saturated rings. The maximum atomic E-state index is 4.37. The van der Waals surface area contributed by atoms with Crippen LogP contribution in [0.1, 0.15) is 34.3 Å². The summed E-state index contributed by atoms with van der Waals surface area (Å²) in [5.74, 6) is 0. The first kappa shape index (κ1) is 20.0. The second kappa shape index (κ2) is 10.4. The van der Waals surface area contributed by atoms with Gasteiger partial charge < -0.3 is 10.6 Å². The summed E-state index contributed by atoms with van der Waals surface area (Å²) in [7, 11) is 0. The molecule has 0 radical (unpaired) electrons. The molecular weight excluding hydrogens is 368 g/mol. The van der Waals surface area contributed by atoms with Crippen LogP contribution in [0.2, 0.25) is 0 Å². The lowest BCUT2D eigenvalue weighted by molar-refractivity contribution is 0.379. The van der Waals surface area contributed by atoms with Crippen LogP contribution in [0.15, 0.2) is 110 Å². The molecule has 4 heteroatoms. The fourth-order valence-electron chi connectivity index (χ4n) is 3.62. The number of nitrogens with zero attached hydrogens (tertiary/aromatic N) is 2. The minimum Gasteiger partial charge on any atom is -0.304 e. The van der Waals surface area contributed by atoms with Crippen LogP contribution in [0.4, 0.5) is 0 Å². The molecule has 0 amide bonds. The summed E-state index contributed by atoms with van der Waals surface area (Å²) in [6.45, 7) is 1.54. The van der Waals surface area contributed by atoms with Gasteiger partial charge in [-0.2, -0.15) is 0 Å². The Labute approximate surface area is 178 Å². The van der Waals surface area contributed by atoms with Crippen molar-refractivity contribution in [2.24, 2.45) is 0 Å². The summed E-state index contributed by atoms with van der Waals surface area (Å²) in [4.78, 5) is 8.74. The molecule has 2 N–H and O–H groups in total. The van der Waals surface area contributed by atoms with Gasteiger partial charge in [-0.15, -0.1) is 0 Å². The number of benzene rings is 2. The lowest BCUT2D eigenvalue weighted by atomic mass is 9.94. The van der Waals surface area contributed by atoms with Crippen LogP contribution >= 0.6 is 0 Å². The largest absolute Gasteiger partial charge is 0.304 e. The van der Waals surface area contributed by atoms with Gasteiger partial charge >= 0.3 is 0 Å². The molecule has 0 saturated heterocycles. The second-order valence-corrected chi connectivity index (χ2v) is 7.26. The maximum absolute atomic E-state index is 4.37. The minimum atomic E-state index is 0.0341. The van der Waals surface area contributed by atoms with Gasteiger partial charge in [-0.05, 0) is 34.4 Å². The third kappa shape index (κ3) is 5.38. The zero-order chi connectivity index (χ0) is 20.4. The Hall–Kier alpha value is -3.34. The molecule has 4 nitrogen and oxygen atoms in total. The molecule has 30 heavy (non-hydrogen) atoms. The van der Waals surface area contributed by atoms with Crippen molar-refractivity contribution < 1.29 is 0 Å². The molecular formula is C26H26N4. The average Bonchev–Trinajstić information content (AvgIpc) is 2.83. The van der Waals surface area contributed by atoms with Crippen molar-refractivity contribution in [3.05, 3.63) is 132 Å². The molecule has 150 valence electrons. The predicted molar refractivity (Wildman–Crippen MR) is 121 cm³/mol. The monoisotopic (exact) mass is 394 g/mol. The molecule has 0 aliphatic heterocycles. The fraction of sp³-hybridized carbons (Fsp3) is 0.154. The SMILES string of the molecule is c1ccc(CNC(c2cccnc2)C(NCc2ccccc2)c2cccnc2)cc1. The Balaban J connectivity index is 1.63. The van der Waals surface area contributed by atoms with E-state index in [0.717, 1.165) is 24.2 Å². The normalized spacial score (nSPS) is 12.9. The van der Waals surface area contributed by atoms with E-state index in [1.165, 1.54) is 11.1 Å². The summed E-state index contributed by atoms with van der Waals surface area (Å²) in [6, 6.07) is 29.2. The molecule has 2 aromatic heterocycles. The van der Waals surface area contributed by atoms with Gasteiger partial charge in [-0.1, -0.05) is 72.8 Å². The molecule has 0 saturated carbocycles. The third-order valence-corrected chi connectivity index (χ3v) is 5.16. The fourth-order valence-corrected chi connectivity index (χ4v) is 3.62. The standard InChI is InChI=1S/C26H26N4/c1-3-9-21(10-4-1)17-29-25(23-13-7-15-27-19-23)26(24-14-8-16-28-20-24)30-18-22-11-5-2-6-12-22/h1-16,19-20,25-26,29-30H,17-18H2. The van der Waals surface area contributed by atoms with Crippen molar-refractivity contribution in [1.82, 2.24) is 20.6 Å². The summed E-state index contributed by atoms with van der Waals surface area (Å²) in [5.41, 5.74) is 4.78. The highest BCUT2D eigenvalue weighted by molar-refractivity contribution is 5.25. The van der Waals surface area contributed by atoms with Crippen LogP contribution in [-0.4, -0.2) is 9.97 Å². The van der Waals surface area contributed by atoms with E-state index in [1.54, 1.807) is 0 Å². The van der Waals surface area contributed by atoms with E-state index >= 15 is 0 Å². The molecule has 2 aromatic carbocycles. The van der Waals surface area contributed by atoms with E-state index in [0.29, 0.717) is 0 Å². The molecule has 0 aliphatic carbocycles. The van der Waals surface area contributed by atoms with E-state index in [2.05, 4.69) is 81.3 Å². The van der Waals surface area contributed by atoms with Crippen molar-refractivity contribution in [3.8, 4) is 0 Å². The van der Waals surface area contributed by atoms with Crippen LogP contribution in [0.3, 0.4) is 0 Å². The van der Waals surface area contributed by atoms with Gasteiger partial charge in [-0.25, -0.2) is 0 Å². The summed E-state index contributed by atoms with van der Waals surface area (Å²) in [6.07, 6.45) is 7.51. The lowest BCUT2D eigenvalue weighted by Gasteiger charge is -2.30. The van der Waals surface area contributed by atoms with Crippen molar-refractivity contribution >= 4 is 0 Å². The minimum absolute atomic E-state index is 0.0341. The average molecular weight is 395 g/mol. The van der Waals surface area contributed by atoms with Crippen LogP contribution in [0, 0.1) is 0 Å². The highest BCUT2D eigenvalue weighted by atomic mass is 15.0. The van der Waals surface area contributed by atoms with Crippen molar-refractivity contribution in [1.29, 1.82) is 0 Å². The van der Waals surface area contributed by atoms with Gasteiger partial charge in [0.15, 0.2) is 0 Å². The van der Waals surface area contributed by atoms with Crippen molar-refractivity contribution in [3.63, 3.8) is 0 Å². The number of hydrogen-bond donors (Lipinski definition) is 2. The molecule has 4 rings (SSSR count). The highest BCUT2D eigenvalue weighted by Crippen LogP contribution is 2.29. The Morgan fingerprint density at radius 2 is 0.967 bits per heavy atom. The molecule has 0 spiro atoms. The van der Waals surface area contributed by atoms with E-state index in [9.17, 15) is 0 Å². The summed E-state index contributed by atoms with van der Waals surface area (Å²) >= 11 is 0. The van der Waals surface area contributed by atoms with Crippen LogP contribution in [0.25, 0.3) is 0 Å². The van der Waals surface area contributed by atoms with Gasteiger partial charge in [0.1, 0.15) is 0 Å². The molecule has 2 heterocycles. The van der Waals surface area contributed by atoms with Crippen molar-refractivity contribution in [2.75, 3.05) is 0 Å². The molecule has 4 aromatic rings. The van der Waals surface area contributed by atoms with Gasteiger partial charge in [0.25, 0.3) is 0 Å². The first-order valence-corrected chi connectivity index (χ1v) is 10.2. The topological polar surface area (TPSA) is 49.8 Å². The van der Waals surface area contributed by atoms with E-state index in [4.69, 9.17) is 0 Å². The maximum Gasteiger partial charge on any atom is 0.0536 e. The zero-order valence-electron chi connectivity index (χ0n) is 16.9. The molecule has 0 aliphatic rings. The lowest BCUT2D eigenvalue weighted by Crippen LogP contribution is -2.35. The quantitative estimate of drug-likeness (QED) is 0.427. The Morgan fingerprint density at radius 3 is 1.33 bits per heavy atom. The first-order chi connectivity index (χ1) is 14.9. The van der Waals surface area contributed by atoms with Gasteiger partial charge in [0.2, 0.25) is 0 Å². The third-order valence-electron chi connectivity index (χ3n) is 5.16. The molecule has 2 atom stereocenters. The second-order valence-electron chi connectivity index (χ2n) is 7.26. The van der Waals surface area contributed by atoms with Crippen molar-refractivity contribution in [2.45, 2.75) is 25.2 Å². The number of pyridine rings is 2. The highest BCUT2D eigenvalue weighted by Gasteiger charge is 2.24. The number of aromatic nitrogens is 2. The molecule has 2 unspecified atom stereocenters. The Morgan fingerprint density at radius 1 is 0.533 bits per heavy atom. The van der Waals surface area contributed by atoms with E-state index < -0.39 is 0 Å². The molecule has 0 bridgehead atoms. The summed E-state index contributed by atoms with van der Waals surface area (Å²) < 4.78 is 0. The van der Waals surface area contributed by atoms with Gasteiger partial charge in [0.05, 0.1) is 12.1 Å². The number of nitrogens with one attached hydrogen (secondary N) is 2. The summed E-state index contributed by atoms with van der Waals surface area (Å²) in [5, 5.41) is 7.51. The predicted octanol–water partition coefficient (Wildman–Crippen LogP) is 4.84. The zero-order valence-corrected chi connectivity index (χ0v) is 16.9. The van der Waals surface area contributed by atoms with Crippen LogP contribution < -0.4 is 10.6 Å². The number of hydrogen-bond acceptors (Lipinski definition) is 4. The first-order valence-electron chi connectivity index (χ1n) is 10.2. The van der Waals surface area contributed by atoms with Gasteiger partial charge in [-0.3, -0.25) is 9.97 Å². The van der Waals surface area contributed by atoms with Gasteiger partial charge in [0, 0.05) is 37.9 Å². The van der Waals surface area contributed by atoms with Crippen LogP contribution in [-0.2, 0) is 13.1 Å². The van der Waals surface area contributed by atoms with Crippen LogP contribution in [0.5, 0.6) is 0 Å². The Kier molecular flexibility index (Phi) is 6.94. The Bertz CT molecular complexity index is 907. The van der Waals surface area contributed by atoms with E-state index in [-0.39, 0.29) is 12.1 Å².